The second-order valence-electron chi connectivity index (χ2n) is 6.32. The number of hydrogen-bond donors (Lipinski definition) is 0. The van der Waals surface area contributed by atoms with Crippen LogP contribution in [0.25, 0.3) is 17.4 Å². The Morgan fingerprint density at radius 1 is 1.30 bits per heavy atom. The molecule has 0 aliphatic carbocycles. The molecule has 1 amide bonds. The van der Waals surface area contributed by atoms with Crippen molar-refractivity contribution in [1.82, 2.24) is 4.90 Å². The number of hydrogen-bond acceptors (Lipinski definition) is 6. The quantitative estimate of drug-likeness (QED) is 0.483. The van der Waals surface area contributed by atoms with Crippen LogP contribution in [0.2, 0.25) is 0 Å². The van der Waals surface area contributed by atoms with Crippen LogP contribution in [0, 0.1) is 0 Å². The fourth-order valence-corrected chi connectivity index (χ4v) is 6.61. The van der Waals surface area contributed by atoms with Crippen molar-refractivity contribution in [3.05, 3.63) is 51.5 Å². The van der Waals surface area contributed by atoms with Gasteiger partial charge in [0.1, 0.15) is 15.8 Å². The lowest BCUT2D eigenvalue weighted by Gasteiger charge is -2.20. The molecule has 4 rings (SSSR count). The third-order valence-corrected chi connectivity index (χ3v) is 7.98. The molecule has 2 aliphatic heterocycles. The summed E-state index contributed by atoms with van der Waals surface area (Å²) in [4.78, 5) is 14.6. The Balaban J connectivity index is 1.57. The van der Waals surface area contributed by atoms with Crippen LogP contribution in [-0.2, 0) is 14.6 Å². The predicted octanol–water partition coefficient (Wildman–Crippen LogP) is 4.10. The first kappa shape index (κ1) is 18.9. The number of thiocarbonyl (C=S) groups is 1. The molecular weight excluding hydrogens is 470 g/mol. The first-order valence-electron chi connectivity index (χ1n) is 8.16. The van der Waals surface area contributed by atoms with E-state index >= 15 is 0 Å². The van der Waals surface area contributed by atoms with E-state index in [0.717, 1.165) is 10.0 Å². The van der Waals surface area contributed by atoms with Gasteiger partial charge in [0.25, 0.3) is 5.91 Å². The molecule has 0 bridgehead atoms. The number of carbonyl (C=O) groups is 1. The maximum Gasteiger partial charge on any atom is 0.266 e. The zero-order valence-electron chi connectivity index (χ0n) is 13.9. The van der Waals surface area contributed by atoms with Gasteiger partial charge in [-0.1, -0.05) is 52.0 Å². The van der Waals surface area contributed by atoms with Crippen LogP contribution < -0.4 is 0 Å². The molecule has 2 saturated heterocycles. The normalized spacial score (nSPS) is 23.5. The zero-order chi connectivity index (χ0) is 19.2. The zero-order valence-corrected chi connectivity index (χ0v) is 18.0. The Morgan fingerprint density at radius 3 is 2.81 bits per heavy atom. The number of halogens is 1. The van der Waals surface area contributed by atoms with Crippen LogP contribution in [0.15, 0.2) is 50.2 Å². The van der Waals surface area contributed by atoms with Crippen molar-refractivity contribution in [1.29, 1.82) is 0 Å². The number of carbonyl (C=O) groups excluding carboxylic acids is 1. The van der Waals surface area contributed by atoms with Gasteiger partial charge in [0.05, 0.1) is 22.5 Å². The minimum Gasteiger partial charge on any atom is -0.457 e. The van der Waals surface area contributed by atoms with E-state index in [4.69, 9.17) is 16.6 Å². The van der Waals surface area contributed by atoms with Crippen LogP contribution in [-0.4, -0.2) is 41.1 Å². The molecule has 27 heavy (non-hydrogen) atoms. The SMILES string of the molecule is O=C1/C(=C\c2ccc(-c3cccc(Br)c3)o2)SC(=S)N1[C@H]1CCS(=O)(=O)C1. The van der Waals surface area contributed by atoms with Gasteiger partial charge in [-0.25, -0.2) is 8.42 Å². The Bertz CT molecular complexity index is 1070. The van der Waals surface area contributed by atoms with Crippen LogP contribution in [0.1, 0.15) is 12.2 Å². The van der Waals surface area contributed by atoms with Crippen LogP contribution in [0.5, 0.6) is 0 Å². The highest BCUT2D eigenvalue weighted by Crippen LogP contribution is 2.37. The molecule has 140 valence electrons. The largest absolute Gasteiger partial charge is 0.457 e. The van der Waals surface area contributed by atoms with Gasteiger partial charge in [0.15, 0.2) is 9.84 Å². The Labute approximate surface area is 174 Å². The Morgan fingerprint density at radius 2 is 2.11 bits per heavy atom. The van der Waals surface area contributed by atoms with Crippen LogP contribution >= 0.6 is 39.9 Å². The molecular formula is C18H14BrNO4S3. The summed E-state index contributed by atoms with van der Waals surface area (Å²) in [5, 5.41) is 0. The third-order valence-electron chi connectivity index (χ3n) is 4.41. The topological polar surface area (TPSA) is 67.6 Å². The van der Waals surface area contributed by atoms with Gasteiger partial charge in [-0.2, -0.15) is 0 Å². The fraction of sp³-hybridized carbons (Fsp3) is 0.222. The number of sulfone groups is 1. The molecule has 9 heteroatoms. The minimum absolute atomic E-state index is 0.0273. The number of thioether (sulfide) groups is 1. The van der Waals surface area contributed by atoms with Crippen molar-refractivity contribution >= 4 is 66.1 Å². The minimum atomic E-state index is -3.09. The Hall–Kier alpha value is -1.42. The lowest BCUT2D eigenvalue weighted by Crippen LogP contribution is -2.39. The van der Waals surface area contributed by atoms with Crippen molar-refractivity contribution in [2.24, 2.45) is 0 Å². The van der Waals surface area contributed by atoms with E-state index in [1.165, 1.54) is 16.7 Å². The summed E-state index contributed by atoms with van der Waals surface area (Å²) in [6, 6.07) is 11.0. The average Bonchev–Trinajstić information content (AvgIpc) is 3.27. The van der Waals surface area contributed by atoms with Crippen molar-refractivity contribution in [3.8, 4) is 11.3 Å². The van der Waals surface area contributed by atoms with Gasteiger partial charge < -0.3 is 4.42 Å². The van der Waals surface area contributed by atoms with Gasteiger partial charge in [0, 0.05) is 16.1 Å². The molecule has 5 nitrogen and oxygen atoms in total. The van der Waals surface area contributed by atoms with E-state index in [1.807, 2.05) is 30.3 Å². The van der Waals surface area contributed by atoms with E-state index in [-0.39, 0.29) is 23.5 Å². The molecule has 1 aromatic heterocycles. The number of rotatable bonds is 3. The molecule has 0 saturated carbocycles. The molecule has 2 fully saturated rings. The maximum atomic E-state index is 12.7. The van der Waals surface area contributed by atoms with E-state index in [1.54, 1.807) is 12.1 Å². The maximum absolute atomic E-state index is 12.7. The summed E-state index contributed by atoms with van der Waals surface area (Å²) in [7, 11) is -3.09. The van der Waals surface area contributed by atoms with E-state index in [9.17, 15) is 13.2 Å². The highest BCUT2D eigenvalue weighted by molar-refractivity contribution is 9.10. The molecule has 0 radical (unpaired) electrons. The molecule has 1 atom stereocenters. The van der Waals surface area contributed by atoms with E-state index < -0.39 is 9.84 Å². The first-order chi connectivity index (χ1) is 12.8. The average molecular weight is 484 g/mol. The number of furan rings is 1. The number of amides is 1. The van der Waals surface area contributed by atoms with Gasteiger partial charge in [-0.15, -0.1) is 0 Å². The van der Waals surface area contributed by atoms with Gasteiger partial charge in [-0.05, 0) is 30.7 Å². The standard InChI is InChI=1S/C18H14BrNO4S3/c19-12-3-1-2-11(8-12)15-5-4-14(24-15)9-16-17(21)20(18(25)26-16)13-6-7-27(22,23)10-13/h1-5,8-9,13H,6-7,10H2/b16-9+/t13-/m0/s1. The molecule has 0 unspecified atom stereocenters. The number of benzene rings is 1. The Kier molecular flexibility index (Phi) is 5.04. The smallest absolute Gasteiger partial charge is 0.266 e. The van der Waals surface area contributed by atoms with Crippen LogP contribution in [0.4, 0.5) is 0 Å². The second kappa shape index (κ2) is 7.20. The fourth-order valence-electron chi connectivity index (χ4n) is 3.13. The summed E-state index contributed by atoms with van der Waals surface area (Å²) in [6.07, 6.45) is 2.08. The monoisotopic (exact) mass is 483 g/mol. The van der Waals surface area contributed by atoms with Gasteiger partial charge in [-0.3, -0.25) is 9.69 Å². The van der Waals surface area contributed by atoms with Crippen molar-refractivity contribution < 1.29 is 17.6 Å². The molecule has 1 aromatic carbocycles. The van der Waals surface area contributed by atoms with Gasteiger partial charge >= 0.3 is 0 Å². The van der Waals surface area contributed by atoms with Crippen LogP contribution in [0.3, 0.4) is 0 Å². The lowest BCUT2D eigenvalue weighted by atomic mass is 10.2. The van der Waals surface area contributed by atoms with Crippen molar-refractivity contribution in [2.45, 2.75) is 12.5 Å². The molecule has 0 N–H and O–H groups in total. The van der Waals surface area contributed by atoms with Gasteiger partial charge in [0.2, 0.25) is 0 Å². The predicted molar refractivity (Wildman–Crippen MR) is 114 cm³/mol. The highest BCUT2D eigenvalue weighted by Gasteiger charge is 2.42. The lowest BCUT2D eigenvalue weighted by molar-refractivity contribution is -0.123. The molecule has 3 heterocycles. The molecule has 2 aliphatic rings. The van der Waals surface area contributed by atoms with Crippen molar-refractivity contribution in [3.63, 3.8) is 0 Å². The molecule has 0 spiro atoms. The summed E-state index contributed by atoms with van der Waals surface area (Å²) in [5.41, 5.74) is 0.924. The second-order valence-corrected chi connectivity index (χ2v) is 11.1. The summed E-state index contributed by atoms with van der Waals surface area (Å²) in [6.45, 7) is 0. The van der Waals surface area contributed by atoms with E-state index in [0.29, 0.717) is 27.2 Å². The van der Waals surface area contributed by atoms with Crippen molar-refractivity contribution in [2.75, 3.05) is 11.5 Å². The summed E-state index contributed by atoms with van der Waals surface area (Å²) >= 11 is 9.93. The third kappa shape index (κ3) is 3.91. The summed E-state index contributed by atoms with van der Waals surface area (Å²) in [5.74, 6) is 1.06. The summed E-state index contributed by atoms with van der Waals surface area (Å²) < 4.78 is 30.6. The first-order valence-corrected chi connectivity index (χ1v) is 12.0. The molecule has 2 aromatic rings. The van der Waals surface area contributed by atoms with E-state index in [2.05, 4.69) is 15.9 Å². The number of nitrogens with zero attached hydrogens (tertiary/aromatic N) is 1. The highest BCUT2D eigenvalue weighted by atomic mass is 79.9.